The molecular weight excluding hydrogens is 309 g/mol. The molecule has 1 saturated heterocycles. The highest BCUT2D eigenvalue weighted by Gasteiger charge is 2.42. The highest BCUT2D eigenvalue weighted by atomic mass is 35.5. The van der Waals surface area contributed by atoms with Gasteiger partial charge < -0.3 is 10.6 Å². The molecule has 0 aromatic rings. The van der Waals surface area contributed by atoms with Crippen LogP contribution in [0.4, 0.5) is 0 Å². The first-order valence-electron chi connectivity index (χ1n) is 7.95. The van der Waals surface area contributed by atoms with E-state index in [1.54, 1.807) is 0 Å². The monoisotopic (exact) mass is 337 g/mol. The standard InChI is InChI=1S/C15H27N3O.2ClH/c1-11(14-9-12-2-3-13(14)8-12)17-15(19)10-18-6-4-16-5-7-18;;/h11-14,16H,2-10H2,1H3,(H,17,19);2*1H. The third-order valence-electron chi connectivity index (χ3n) is 5.40. The molecule has 3 rings (SSSR count). The van der Waals surface area contributed by atoms with Crippen LogP contribution >= 0.6 is 24.8 Å². The molecule has 2 N–H and O–H groups in total. The molecule has 3 aliphatic rings. The average molecular weight is 338 g/mol. The van der Waals surface area contributed by atoms with Gasteiger partial charge in [0.25, 0.3) is 0 Å². The smallest absolute Gasteiger partial charge is 0.234 e. The summed E-state index contributed by atoms with van der Waals surface area (Å²) < 4.78 is 0. The molecule has 4 atom stereocenters. The summed E-state index contributed by atoms with van der Waals surface area (Å²) in [5.41, 5.74) is 0. The van der Waals surface area contributed by atoms with Crippen molar-refractivity contribution in [3.63, 3.8) is 0 Å². The van der Waals surface area contributed by atoms with Crippen molar-refractivity contribution in [2.45, 2.75) is 38.6 Å². The van der Waals surface area contributed by atoms with E-state index in [9.17, 15) is 4.79 Å². The van der Waals surface area contributed by atoms with Gasteiger partial charge in [-0.05, 0) is 43.9 Å². The number of nitrogens with one attached hydrogen (secondary N) is 2. The van der Waals surface area contributed by atoms with Crippen LogP contribution in [0.5, 0.6) is 0 Å². The number of amides is 1. The molecule has 1 heterocycles. The Morgan fingerprint density at radius 2 is 1.95 bits per heavy atom. The highest BCUT2D eigenvalue weighted by Crippen LogP contribution is 2.49. The molecule has 2 aliphatic carbocycles. The molecule has 21 heavy (non-hydrogen) atoms. The highest BCUT2D eigenvalue weighted by molar-refractivity contribution is 5.85. The number of rotatable bonds is 4. The van der Waals surface area contributed by atoms with E-state index >= 15 is 0 Å². The average Bonchev–Trinajstić information content (AvgIpc) is 3.02. The molecule has 3 fully saturated rings. The Labute approximate surface area is 140 Å². The van der Waals surface area contributed by atoms with Gasteiger partial charge in [0.1, 0.15) is 0 Å². The summed E-state index contributed by atoms with van der Waals surface area (Å²) in [6.45, 7) is 6.80. The fraction of sp³-hybridized carbons (Fsp3) is 0.933. The van der Waals surface area contributed by atoms with Crippen LogP contribution in [0.3, 0.4) is 0 Å². The lowest BCUT2D eigenvalue weighted by atomic mass is 9.84. The van der Waals surface area contributed by atoms with Crippen molar-refractivity contribution in [1.29, 1.82) is 0 Å². The van der Waals surface area contributed by atoms with E-state index in [1.165, 1.54) is 25.7 Å². The number of hydrogen-bond acceptors (Lipinski definition) is 3. The van der Waals surface area contributed by atoms with Gasteiger partial charge in [0.15, 0.2) is 0 Å². The number of fused-ring (bicyclic) bond motifs is 2. The van der Waals surface area contributed by atoms with Crippen LogP contribution in [0.25, 0.3) is 0 Å². The van der Waals surface area contributed by atoms with E-state index < -0.39 is 0 Å². The van der Waals surface area contributed by atoms with E-state index in [0.29, 0.717) is 12.6 Å². The van der Waals surface area contributed by atoms with E-state index in [-0.39, 0.29) is 30.7 Å². The molecule has 124 valence electrons. The van der Waals surface area contributed by atoms with Gasteiger partial charge in [-0.25, -0.2) is 0 Å². The molecule has 2 bridgehead atoms. The third kappa shape index (κ3) is 4.72. The predicted octanol–water partition coefficient (Wildman–Crippen LogP) is 1.68. The summed E-state index contributed by atoms with van der Waals surface area (Å²) in [6, 6.07) is 0.366. The van der Waals surface area contributed by atoms with Gasteiger partial charge in [0.05, 0.1) is 6.54 Å². The molecule has 0 aromatic carbocycles. The summed E-state index contributed by atoms with van der Waals surface area (Å²) in [6.07, 6.45) is 5.60. The molecule has 4 nitrogen and oxygen atoms in total. The first-order chi connectivity index (χ1) is 9.22. The number of carbonyl (C=O) groups excluding carboxylic acids is 1. The first kappa shape index (κ1) is 19.0. The van der Waals surface area contributed by atoms with Gasteiger partial charge in [-0.3, -0.25) is 9.69 Å². The fourth-order valence-electron chi connectivity index (χ4n) is 4.39. The molecule has 0 aromatic heterocycles. The maximum atomic E-state index is 12.1. The van der Waals surface area contributed by atoms with Crippen LogP contribution in [0.1, 0.15) is 32.6 Å². The maximum absolute atomic E-state index is 12.1. The van der Waals surface area contributed by atoms with E-state index in [4.69, 9.17) is 0 Å². The van der Waals surface area contributed by atoms with Crippen molar-refractivity contribution >= 4 is 30.7 Å². The van der Waals surface area contributed by atoms with Gasteiger partial charge in [-0.1, -0.05) is 6.42 Å². The van der Waals surface area contributed by atoms with Gasteiger partial charge in [-0.15, -0.1) is 24.8 Å². The van der Waals surface area contributed by atoms with Crippen molar-refractivity contribution < 1.29 is 4.79 Å². The molecule has 0 spiro atoms. The lowest BCUT2D eigenvalue weighted by Crippen LogP contribution is -2.49. The molecular formula is C15H29Cl2N3O. The predicted molar refractivity (Wildman–Crippen MR) is 90.3 cm³/mol. The lowest BCUT2D eigenvalue weighted by Gasteiger charge is -2.30. The summed E-state index contributed by atoms with van der Waals surface area (Å²) >= 11 is 0. The number of nitrogens with zero attached hydrogens (tertiary/aromatic N) is 1. The lowest BCUT2D eigenvalue weighted by molar-refractivity contribution is -0.123. The van der Waals surface area contributed by atoms with E-state index in [1.807, 2.05) is 0 Å². The molecule has 0 radical (unpaired) electrons. The Morgan fingerprint density at radius 3 is 2.52 bits per heavy atom. The second-order valence-corrected chi connectivity index (χ2v) is 6.72. The Bertz CT molecular complexity index is 337. The number of carbonyl (C=O) groups is 1. The fourth-order valence-corrected chi connectivity index (χ4v) is 4.39. The third-order valence-corrected chi connectivity index (χ3v) is 5.40. The van der Waals surface area contributed by atoms with E-state index in [0.717, 1.165) is 43.9 Å². The minimum atomic E-state index is 0. The molecule has 4 unspecified atom stereocenters. The Kier molecular flexibility index (Phi) is 7.75. The summed E-state index contributed by atoms with van der Waals surface area (Å²) in [7, 11) is 0. The van der Waals surface area contributed by atoms with Crippen LogP contribution in [0, 0.1) is 17.8 Å². The van der Waals surface area contributed by atoms with Crippen molar-refractivity contribution in [1.82, 2.24) is 15.5 Å². The van der Waals surface area contributed by atoms with Crippen LogP contribution in [-0.4, -0.2) is 49.6 Å². The zero-order valence-electron chi connectivity index (χ0n) is 12.8. The Morgan fingerprint density at radius 1 is 1.24 bits per heavy atom. The number of halogens is 2. The van der Waals surface area contributed by atoms with Gasteiger partial charge in [0.2, 0.25) is 5.91 Å². The van der Waals surface area contributed by atoms with Crippen LogP contribution in [0.2, 0.25) is 0 Å². The van der Waals surface area contributed by atoms with Crippen molar-refractivity contribution in [2.75, 3.05) is 32.7 Å². The number of hydrogen-bond donors (Lipinski definition) is 2. The van der Waals surface area contributed by atoms with Crippen LogP contribution in [-0.2, 0) is 4.79 Å². The summed E-state index contributed by atoms with van der Waals surface area (Å²) in [5, 5.41) is 6.57. The van der Waals surface area contributed by atoms with Crippen LogP contribution in [0.15, 0.2) is 0 Å². The summed E-state index contributed by atoms with van der Waals surface area (Å²) in [5.74, 6) is 2.81. The van der Waals surface area contributed by atoms with Gasteiger partial charge in [-0.2, -0.15) is 0 Å². The molecule has 1 amide bonds. The Hall–Kier alpha value is -0.0300. The molecule has 2 saturated carbocycles. The topological polar surface area (TPSA) is 44.4 Å². The second kappa shape index (κ2) is 8.56. The largest absolute Gasteiger partial charge is 0.352 e. The maximum Gasteiger partial charge on any atom is 0.234 e. The zero-order chi connectivity index (χ0) is 13.2. The normalized spacial score (nSPS) is 32.9. The van der Waals surface area contributed by atoms with Crippen molar-refractivity contribution in [2.24, 2.45) is 17.8 Å². The van der Waals surface area contributed by atoms with Gasteiger partial charge >= 0.3 is 0 Å². The van der Waals surface area contributed by atoms with Gasteiger partial charge in [0, 0.05) is 32.2 Å². The van der Waals surface area contributed by atoms with Crippen molar-refractivity contribution in [3.05, 3.63) is 0 Å². The SMILES string of the molecule is CC(NC(=O)CN1CCNCC1)C1CC2CCC1C2.Cl.Cl. The molecule has 6 heteroatoms. The number of piperazine rings is 1. The second-order valence-electron chi connectivity index (χ2n) is 6.72. The van der Waals surface area contributed by atoms with Crippen molar-refractivity contribution in [3.8, 4) is 0 Å². The molecule has 1 aliphatic heterocycles. The first-order valence-corrected chi connectivity index (χ1v) is 7.95. The minimum absolute atomic E-state index is 0. The zero-order valence-corrected chi connectivity index (χ0v) is 14.5. The Balaban J connectivity index is 0.00000110. The summed E-state index contributed by atoms with van der Waals surface area (Å²) in [4.78, 5) is 14.4. The quantitative estimate of drug-likeness (QED) is 0.820. The van der Waals surface area contributed by atoms with E-state index in [2.05, 4.69) is 22.5 Å². The minimum Gasteiger partial charge on any atom is -0.352 e. The van der Waals surface area contributed by atoms with Crippen LogP contribution < -0.4 is 10.6 Å².